The summed E-state index contributed by atoms with van der Waals surface area (Å²) in [5.41, 5.74) is 1.14. The van der Waals surface area contributed by atoms with Crippen LogP contribution in [0.5, 0.6) is 0 Å². The van der Waals surface area contributed by atoms with Crippen LogP contribution in [0, 0.1) is 0 Å². The van der Waals surface area contributed by atoms with Crippen LogP contribution < -0.4 is 0 Å². The molecule has 1 rings (SSSR count). The predicted octanol–water partition coefficient (Wildman–Crippen LogP) is 1.48. The average Bonchev–Trinajstić information content (AvgIpc) is 2.05. The molecular formula is C8H11NO2. The van der Waals surface area contributed by atoms with Crippen molar-refractivity contribution < 1.29 is 9.90 Å². The van der Waals surface area contributed by atoms with E-state index in [1.165, 1.54) is 4.90 Å². The highest BCUT2D eigenvalue weighted by atomic mass is 16.4. The first-order valence-corrected chi connectivity index (χ1v) is 3.53. The van der Waals surface area contributed by atoms with E-state index in [-0.39, 0.29) is 0 Å². The van der Waals surface area contributed by atoms with E-state index in [0.29, 0.717) is 13.1 Å². The van der Waals surface area contributed by atoms with Crippen LogP contribution in [0.3, 0.4) is 0 Å². The molecule has 1 aliphatic heterocycles. The maximum absolute atomic E-state index is 10.4. The minimum Gasteiger partial charge on any atom is -0.465 e. The van der Waals surface area contributed by atoms with E-state index >= 15 is 0 Å². The van der Waals surface area contributed by atoms with E-state index in [1.807, 2.05) is 6.08 Å². The lowest BCUT2D eigenvalue weighted by Crippen LogP contribution is -2.33. The summed E-state index contributed by atoms with van der Waals surface area (Å²) in [6.45, 7) is 4.71. The lowest BCUT2D eigenvalue weighted by atomic mass is 10.1. The lowest BCUT2D eigenvalue weighted by molar-refractivity contribution is 0.149. The van der Waals surface area contributed by atoms with Gasteiger partial charge in [-0.3, -0.25) is 0 Å². The highest BCUT2D eigenvalue weighted by Gasteiger charge is 2.13. The molecule has 11 heavy (non-hydrogen) atoms. The van der Waals surface area contributed by atoms with Crippen molar-refractivity contribution in [1.82, 2.24) is 4.90 Å². The molecule has 0 aliphatic carbocycles. The number of carboxylic acid groups (broad SMARTS) is 1. The highest BCUT2D eigenvalue weighted by Crippen LogP contribution is 2.10. The first-order valence-electron chi connectivity index (χ1n) is 3.53. The van der Waals surface area contributed by atoms with Crippen molar-refractivity contribution in [3.05, 3.63) is 24.3 Å². The standard InChI is InChI=1S/C8H11NO2/c1-2-7-3-5-9(6-4-7)8(10)11/h2-3H,1,4-6H2,(H,10,11). The minimum atomic E-state index is -0.843. The van der Waals surface area contributed by atoms with Crippen LogP contribution in [0.1, 0.15) is 6.42 Å². The second-order valence-electron chi connectivity index (χ2n) is 2.46. The number of rotatable bonds is 1. The molecule has 60 valence electrons. The van der Waals surface area contributed by atoms with E-state index in [9.17, 15) is 4.79 Å². The molecule has 0 bridgehead atoms. The van der Waals surface area contributed by atoms with Gasteiger partial charge in [0.05, 0.1) is 0 Å². The molecule has 0 aromatic rings. The molecule has 0 radical (unpaired) electrons. The molecule has 1 amide bonds. The summed E-state index contributed by atoms with van der Waals surface area (Å²) >= 11 is 0. The number of allylic oxidation sites excluding steroid dienone is 1. The Labute approximate surface area is 65.6 Å². The summed E-state index contributed by atoms with van der Waals surface area (Å²) in [6, 6.07) is 0. The van der Waals surface area contributed by atoms with Gasteiger partial charge in [0.15, 0.2) is 0 Å². The van der Waals surface area contributed by atoms with E-state index in [1.54, 1.807) is 6.08 Å². The van der Waals surface area contributed by atoms with Gasteiger partial charge in [0, 0.05) is 13.1 Å². The Hall–Kier alpha value is -1.25. The van der Waals surface area contributed by atoms with Crippen molar-refractivity contribution >= 4 is 6.09 Å². The van der Waals surface area contributed by atoms with Crippen LogP contribution in [-0.2, 0) is 0 Å². The highest BCUT2D eigenvalue weighted by molar-refractivity contribution is 5.65. The Kier molecular flexibility index (Phi) is 2.31. The van der Waals surface area contributed by atoms with Gasteiger partial charge >= 0.3 is 6.09 Å². The fourth-order valence-corrected chi connectivity index (χ4v) is 1.04. The number of hydrogen-bond acceptors (Lipinski definition) is 1. The summed E-state index contributed by atoms with van der Waals surface area (Å²) in [5, 5.41) is 8.57. The van der Waals surface area contributed by atoms with E-state index in [4.69, 9.17) is 5.11 Å². The summed E-state index contributed by atoms with van der Waals surface area (Å²) in [4.78, 5) is 11.8. The Balaban J connectivity index is 2.54. The number of amides is 1. The van der Waals surface area contributed by atoms with Gasteiger partial charge in [0.25, 0.3) is 0 Å². The van der Waals surface area contributed by atoms with Crippen LogP contribution in [0.2, 0.25) is 0 Å². The maximum atomic E-state index is 10.4. The van der Waals surface area contributed by atoms with Crippen molar-refractivity contribution in [2.45, 2.75) is 6.42 Å². The first-order chi connectivity index (χ1) is 5.24. The molecule has 0 fully saturated rings. The van der Waals surface area contributed by atoms with Crippen molar-refractivity contribution in [1.29, 1.82) is 0 Å². The zero-order valence-electron chi connectivity index (χ0n) is 6.29. The molecule has 0 saturated heterocycles. The molecule has 3 heteroatoms. The van der Waals surface area contributed by atoms with Crippen LogP contribution in [-0.4, -0.2) is 29.2 Å². The topological polar surface area (TPSA) is 40.5 Å². The minimum absolute atomic E-state index is 0.497. The van der Waals surface area contributed by atoms with Gasteiger partial charge in [-0.25, -0.2) is 4.79 Å². The molecule has 0 aromatic carbocycles. The fourth-order valence-electron chi connectivity index (χ4n) is 1.04. The van der Waals surface area contributed by atoms with Gasteiger partial charge in [0.1, 0.15) is 0 Å². The number of carbonyl (C=O) groups is 1. The maximum Gasteiger partial charge on any atom is 0.407 e. The Morgan fingerprint density at radius 2 is 2.55 bits per heavy atom. The average molecular weight is 153 g/mol. The second-order valence-corrected chi connectivity index (χ2v) is 2.46. The van der Waals surface area contributed by atoms with E-state index in [0.717, 1.165) is 12.0 Å². The van der Waals surface area contributed by atoms with Gasteiger partial charge < -0.3 is 10.0 Å². The van der Waals surface area contributed by atoms with Gasteiger partial charge in [-0.1, -0.05) is 18.7 Å². The van der Waals surface area contributed by atoms with Crippen LogP contribution >= 0.6 is 0 Å². The first kappa shape index (κ1) is 7.85. The zero-order valence-corrected chi connectivity index (χ0v) is 6.29. The molecule has 0 spiro atoms. The van der Waals surface area contributed by atoms with Gasteiger partial charge in [-0.15, -0.1) is 0 Å². The Morgan fingerprint density at radius 3 is 2.91 bits per heavy atom. The SMILES string of the molecule is C=CC1=CCN(C(=O)O)CC1. The molecule has 1 aliphatic rings. The van der Waals surface area contributed by atoms with E-state index in [2.05, 4.69) is 6.58 Å². The third-order valence-corrected chi connectivity index (χ3v) is 1.78. The summed E-state index contributed by atoms with van der Waals surface area (Å²) in [7, 11) is 0. The van der Waals surface area contributed by atoms with Crippen LogP contribution in [0.25, 0.3) is 0 Å². The quantitative estimate of drug-likeness (QED) is 0.619. The number of nitrogens with zero attached hydrogens (tertiary/aromatic N) is 1. The lowest BCUT2D eigenvalue weighted by Gasteiger charge is -2.22. The van der Waals surface area contributed by atoms with Crippen molar-refractivity contribution in [2.75, 3.05) is 13.1 Å². The third-order valence-electron chi connectivity index (χ3n) is 1.78. The summed E-state index contributed by atoms with van der Waals surface area (Å²) in [5.74, 6) is 0. The van der Waals surface area contributed by atoms with Crippen molar-refractivity contribution in [3.63, 3.8) is 0 Å². The van der Waals surface area contributed by atoms with E-state index < -0.39 is 6.09 Å². The van der Waals surface area contributed by atoms with Gasteiger partial charge in [-0.05, 0) is 12.0 Å². The Morgan fingerprint density at radius 1 is 1.82 bits per heavy atom. The smallest absolute Gasteiger partial charge is 0.407 e. The molecule has 1 N–H and O–H groups in total. The summed E-state index contributed by atoms with van der Waals surface area (Å²) in [6.07, 6.45) is 3.61. The van der Waals surface area contributed by atoms with Crippen LogP contribution in [0.15, 0.2) is 24.3 Å². The molecule has 0 saturated carbocycles. The van der Waals surface area contributed by atoms with Crippen LogP contribution in [0.4, 0.5) is 4.79 Å². The molecule has 0 unspecified atom stereocenters. The third kappa shape index (κ3) is 1.83. The molecular weight excluding hydrogens is 142 g/mol. The second kappa shape index (κ2) is 3.23. The van der Waals surface area contributed by atoms with Gasteiger partial charge in [-0.2, -0.15) is 0 Å². The summed E-state index contributed by atoms with van der Waals surface area (Å²) < 4.78 is 0. The zero-order chi connectivity index (χ0) is 8.27. The fraction of sp³-hybridized carbons (Fsp3) is 0.375. The van der Waals surface area contributed by atoms with Crippen molar-refractivity contribution in [2.24, 2.45) is 0 Å². The van der Waals surface area contributed by atoms with Crippen molar-refractivity contribution in [3.8, 4) is 0 Å². The normalized spacial score (nSPS) is 17.5. The number of hydrogen-bond donors (Lipinski definition) is 1. The molecule has 0 atom stereocenters. The predicted molar refractivity (Wildman–Crippen MR) is 42.5 cm³/mol. The Bertz CT molecular complexity index is 208. The molecule has 0 aromatic heterocycles. The largest absolute Gasteiger partial charge is 0.465 e. The monoisotopic (exact) mass is 153 g/mol. The van der Waals surface area contributed by atoms with Gasteiger partial charge in [0.2, 0.25) is 0 Å². The molecule has 3 nitrogen and oxygen atoms in total. The molecule has 1 heterocycles.